The number of nitrogens with zero attached hydrogens (tertiary/aromatic N) is 1. The number of nitrogens with two attached hydrogens (primary N) is 2. The molecule has 0 spiro atoms. The molecule has 5 N–H and O–H groups in total. The van der Waals surface area contributed by atoms with E-state index in [2.05, 4.69) is 9.97 Å². The molecule has 0 aliphatic rings. The third-order valence-electron chi connectivity index (χ3n) is 2.54. The van der Waals surface area contributed by atoms with Gasteiger partial charge in [0.1, 0.15) is 5.69 Å². The molecule has 0 saturated heterocycles. The van der Waals surface area contributed by atoms with E-state index in [0.29, 0.717) is 16.8 Å². The van der Waals surface area contributed by atoms with E-state index in [1.165, 1.54) is 0 Å². The first-order valence-corrected chi connectivity index (χ1v) is 6.60. The third-order valence-corrected chi connectivity index (χ3v) is 2.80. The van der Waals surface area contributed by atoms with Crippen LogP contribution in [0, 0.1) is 0 Å². The van der Waals surface area contributed by atoms with Crippen molar-refractivity contribution in [2.75, 3.05) is 11.5 Å². The molecule has 0 amide bonds. The molecule has 2 rings (SSSR count). The summed E-state index contributed by atoms with van der Waals surface area (Å²) in [6, 6.07) is 7.48. The highest BCUT2D eigenvalue weighted by Gasteiger charge is 2.20. The summed E-state index contributed by atoms with van der Waals surface area (Å²) < 4.78 is 39.0. The summed E-state index contributed by atoms with van der Waals surface area (Å²) in [5.41, 5.74) is 14.3. The van der Waals surface area contributed by atoms with Crippen LogP contribution < -0.4 is 16.5 Å². The minimum atomic E-state index is -6.00. The number of aromatic nitrogens is 2. The Balaban J connectivity index is 0.000000422. The lowest BCUT2D eigenvalue weighted by atomic mass is 10.0. The average Bonchev–Trinajstić information content (AvgIpc) is 2.37. The smallest absolute Gasteiger partial charge is 0.418 e. The van der Waals surface area contributed by atoms with Crippen LogP contribution in [0.3, 0.4) is 0 Å². The van der Waals surface area contributed by atoms with E-state index >= 15 is 0 Å². The number of H-pyrrole nitrogens is 1. The largest absolute Gasteiger partial charge is 0.673 e. The molecule has 0 bridgehead atoms. The third kappa shape index (κ3) is 5.76. The average molecular weight is 337 g/mol. The molecule has 1 heterocycles. The van der Waals surface area contributed by atoms with E-state index in [0.717, 1.165) is 23.2 Å². The van der Waals surface area contributed by atoms with Gasteiger partial charge in [0.2, 0.25) is 5.82 Å². The fraction of sp³-hybridized carbons (Fsp3) is 0.167. The summed E-state index contributed by atoms with van der Waals surface area (Å²) in [5.74, 6) is 0.855. The lowest BCUT2D eigenvalue weighted by molar-refractivity contribution is -0.346. The van der Waals surface area contributed by atoms with Crippen molar-refractivity contribution in [3.63, 3.8) is 0 Å². The van der Waals surface area contributed by atoms with Crippen LogP contribution in [0.15, 0.2) is 24.3 Å². The number of rotatable bonds is 2. The highest BCUT2D eigenvalue weighted by Crippen LogP contribution is 2.27. The molecule has 22 heavy (non-hydrogen) atoms. The summed E-state index contributed by atoms with van der Waals surface area (Å²) in [4.78, 5) is 7.10. The number of aryl methyl sites for hydroxylation is 1. The molecule has 0 unspecified atom stereocenters. The Bertz CT molecular complexity index is 628. The summed E-state index contributed by atoms with van der Waals surface area (Å²) in [6.45, 7) is 2.01. The second-order valence-electron chi connectivity index (χ2n) is 4.21. The van der Waals surface area contributed by atoms with Gasteiger partial charge >= 0.3 is 13.2 Å². The maximum atomic E-state index is 9.75. The molecular weight excluding hydrogens is 322 g/mol. The SMILES string of the molecule is CCc1nc(N)[nH+]c(N)c1-c1ccc(Cl)cc1.F[B-](F)(F)F. The van der Waals surface area contributed by atoms with E-state index in [-0.39, 0.29) is 0 Å². The number of nitrogens with one attached hydrogen (secondary N) is 1. The zero-order valence-electron chi connectivity index (χ0n) is 11.6. The van der Waals surface area contributed by atoms with Crippen LogP contribution in [0.25, 0.3) is 11.1 Å². The molecule has 0 saturated carbocycles. The monoisotopic (exact) mass is 336 g/mol. The van der Waals surface area contributed by atoms with Crippen LogP contribution in [-0.2, 0) is 6.42 Å². The Morgan fingerprint density at radius 3 is 2.09 bits per heavy atom. The van der Waals surface area contributed by atoms with Crippen molar-refractivity contribution in [2.45, 2.75) is 13.3 Å². The molecule has 2 aromatic rings. The number of anilines is 2. The number of hydrogen-bond donors (Lipinski definition) is 2. The number of nitrogen functional groups attached to an aromatic ring is 2. The van der Waals surface area contributed by atoms with Gasteiger partial charge in [0.25, 0.3) is 0 Å². The lowest BCUT2D eigenvalue weighted by Gasteiger charge is -2.07. The Morgan fingerprint density at radius 2 is 1.64 bits per heavy atom. The first-order chi connectivity index (χ1) is 10.1. The number of benzene rings is 1. The van der Waals surface area contributed by atoms with Crippen molar-refractivity contribution in [1.82, 2.24) is 4.98 Å². The molecule has 120 valence electrons. The topological polar surface area (TPSA) is 79.1 Å². The van der Waals surface area contributed by atoms with Crippen molar-refractivity contribution in [1.29, 1.82) is 0 Å². The molecular formula is C12H14BClF4N4. The molecule has 0 aliphatic carbocycles. The van der Waals surface area contributed by atoms with Gasteiger partial charge in [-0.1, -0.05) is 30.7 Å². The molecule has 1 aromatic carbocycles. The van der Waals surface area contributed by atoms with Crippen LogP contribution in [0.5, 0.6) is 0 Å². The van der Waals surface area contributed by atoms with E-state index < -0.39 is 7.25 Å². The molecule has 0 radical (unpaired) electrons. The van der Waals surface area contributed by atoms with Crippen molar-refractivity contribution < 1.29 is 22.2 Å². The number of aromatic amines is 1. The fourth-order valence-electron chi connectivity index (χ4n) is 1.78. The summed E-state index contributed by atoms with van der Waals surface area (Å²) in [6.07, 6.45) is 0.765. The lowest BCUT2D eigenvalue weighted by Crippen LogP contribution is -2.20. The summed E-state index contributed by atoms with van der Waals surface area (Å²) in [7, 11) is -6.00. The Labute approximate surface area is 129 Å². The quantitative estimate of drug-likeness (QED) is 0.652. The van der Waals surface area contributed by atoms with Gasteiger partial charge < -0.3 is 28.7 Å². The minimum Gasteiger partial charge on any atom is -0.418 e. The Hall–Kier alpha value is -2.03. The molecule has 0 fully saturated rings. The van der Waals surface area contributed by atoms with Crippen molar-refractivity contribution >= 4 is 30.6 Å². The van der Waals surface area contributed by atoms with Crippen LogP contribution >= 0.6 is 11.6 Å². The normalized spacial score (nSPS) is 10.8. The predicted molar refractivity (Wildman–Crippen MR) is 79.6 cm³/mol. The summed E-state index contributed by atoms with van der Waals surface area (Å²) in [5, 5.41) is 0.692. The zero-order valence-corrected chi connectivity index (χ0v) is 12.3. The fourth-order valence-corrected chi connectivity index (χ4v) is 1.91. The molecule has 4 nitrogen and oxygen atoms in total. The van der Waals surface area contributed by atoms with Crippen molar-refractivity contribution in [2.24, 2.45) is 0 Å². The van der Waals surface area contributed by atoms with Gasteiger partial charge in [-0.25, -0.2) is 4.98 Å². The summed E-state index contributed by atoms with van der Waals surface area (Å²) >= 11 is 5.86. The van der Waals surface area contributed by atoms with Gasteiger partial charge in [-0.3, -0.25) is 0 Å². The van der Waals surface area contributed by atoms with Crippen molar-refractivity contribution in [3.05, 3.63) is 35.0 Å². The van der Waals surface area contributed by atoms with E-state index in [1.807, 2.05) is 31.2 Å². The second kappa shape index (κ2) is 7.30. The van der Waals surface area contributed by atoms with E-state index in [1.54, 1.807) is 0 Å². The van der Waals surface area contributed by atoms with E-state index in [4.69, 9.17) is 23.1 Å². The van der Waals surface area contributed by atoms with Gasteiger partial charge in [0.05, 0.1) is 5.56 Å². The molecule has 10 heteroatoms. The van der Waals surface area contributed by atoms with Crippen LogP contribution in [0.2, 0.25) is 5.02 Å². The first-order valence-electron chi connectivity index (χ1n) is 6.22. The standard InChI is InChI=1S/C12H13ClN4.BF4/c1-2-9-10(11(14)17-12(15)16-9)7-3-5-8(13)6-4-7;2-1(3,4)5/h3-6H,2H2,1H3,(H4,14,15,16,17);/q;-1/p+1. The minimum absolute atomic E-state index is 0.331. The maximum absolute atomic E-state index is 9.75. The van der Waals surface area contributed by atoms with Gasteiger partial charge in [0, 0.05) is 5.02 Å². The molecule has 1 aromatic heterocycles. The van der Waals surface area contributed by atoms with Crippen LogP contribution in [-0.4, -0.2) is 12.2 Å². The van der Waals surface area contributed by atoms with Gasteiger partial charge in [-0.2, -0.15) is 0 Å². The predicted octanol–water partition coefficient (Wildman–Crippen LogP) is 3.24. The van der Waals surface area contributed by atoms with Crippen LogP contribution in [0.1, 0.15) is 12.6 Å². The van der Waals surface area contributed by atoms with Gasteiger partial charge in [-0.15, -0.1) is 4.98 Å². The first kappa shape index (κ1) is 18.0. The zero-order chi connectivity index (χ0) is 16.9. The highest BCUT2D eigenvalue weighted by atomic mass is 35.5. The number of hydrogen-bond acceptors (Lipinski definition) is 3. The van der Waals surface area contributed by atoms with Crippen LogP contribution in [0.4, 0.5) is 29.0 Å². The van der Waals surface area contributed by atoms with E-state index in [9.17, 15) is 17.3 Å². The van der Waals surface area contributed by atoms with Gasteiger partial charge in [0.15, 0.2) is 0 Å². The van der Waals surface area contributed by atoms with Gasteiger partial charge in [-0.05, 0) is 24.1 Å². The number of halogens is 5. The Morgan fingerprint density at radius 1 is 1.14 bits per heavy atom. The molecule has 0 aliphatic heterocycles. The second-order valence-corrected chi connectivity index (χ2v) is 4.65. The highest BCUT2D eigenvalue weighted by molar-refractivity contribution is 6.50. The maximum Gasteiger partial charge on any atom is 0.673 e. The Kier molecular flexibility index (Phi) is 5.98. The molecule has 0 atom stereocenters. The van der Waals surface area contributed by atoms with Crippen molar-refractivity contribution in [3.8, 4) is 11.1 Å².